The minimum Gasteiger partial charge on any atom is -0.339 e. The van der Waals surface area contributed by atoms with Gasteiger partial charge in [-0.15, -0.1) is 5.10 Å². The molecule has 120 valence electrons. The summed E-state index contributed by atoms with van der Waals surface area (Å²) in [5.41, 5.74) is 1.64. The number of anilines is 4. The van der Waals surface area contributed by atoms with Crippen molar-refractivity contribution in [3.63, 3.8) is 0 Å². The Labute approximate surface area is 137 Å². The molecule has 6 nitrogen and oxygen atoms in total. The predicted octanol–water partition coefficient (Wildman–Crippen LogP) is 3.70. The highest BCUT2D eigenvalue weighted by Gasteiger charge is 2.06. The molecule has 3 aromatic rings. The van der Waals surface area contributed by atoms with Gasteiger partial charge in [-0.05, 0) is 43.3 Å². The van der Waals surface area contributed by atoms with Gasteiger partial charge in [-0.1, -0.05) is 12.1 Å². The zero-order valence-electron chi connectivity index (χ0n) is 12.8. The first-order chi connectivity index (χ1) is 11.6. The number of carbonyl (C=O) groups is 1. The number of carbonyl (C=O) groups excluding carboxylic acids is 1. The number of halogens is 1. The fourth-order valence-electron chi connectivity index (χ4n) is 2.04. The van der Waals surface area contributed by atoms with E-state index in [1.807, 2.05) is 0 Å². The SMILES string of the molecule is CC(=O)c1ccc(Nc2cnnc(Nc3ccccc3F)n2)cc1. The molecule has 0 aliphatic heterocycles. The number of benzene rings is 2. The van der Waals surface area contributed by atoms with Gasteiger partial charge in [0.05, 0.1) is 11.9 Å². The topological polar surface area (TPSA) is 79.8 Å². The highest BCUT2D eigenvalue weighted by molar-refractivity contribution is 5.94. The minimum absolute atomic E-state index is 0.00151. The van der Waals surface area contributed by atoms with E-state index in [1.165, 1.54) is 19.2 Å². The molecule has 1 aromatic heterocycles. The summed E-state index contributed by atoms with van der Waals surface area (Å²) in [4.78, 5) is 15.5. The molecule has 0 bridgehead atoms. The summed E-state index contributed by atoms with van der Waals surface area (Å²) in [7, 11) is 0. The molecule has 0 radical (unpaired) electrons. The van der Waals surface area contributed by atoms with Gasteiger partial charge >= 0.3 is 0 Å². The second-order valence-electron chi connectivity index (χ2n) is 5.03. The number of hydrogen-bond acceptors (Lipinski definition) is 6. The molecule has 0 spiro atoms. The molecule has 0 atom stereocenters. The van der Waals surface area contributed by atoms with Crippen LogP contribution in [-0.2, 0) is 0 Å². The van der Waals surface area contributed by atoms with Crippen molar-refractivity contribution >= 4 is 28.9 Å². The van der Waals surface area contributed by atoms with E-state index >= 15 is 0 Å². The minimum atomic E-state index is -0.403. The lowest BCUT2D eigenvalue weighted by Gasteiger charge is -2.08. The Morgan fingerprint density at radius 3 is 2.50 bits per heavy atom. The molecule has 0 unspecified atom stereocenters. The van der Waals surface area contributed by atoms with Crippen molar-refractivity contribution < 1.29 is 9.18 Å². The van der Waals surface area contributed by atoms with Crippen molar-refractivity contribution in [1.29, 1.82) is 0 Å². The van der Waals surface area contributed by atoms with Crippen LogP contribution in [0.3, 0.4) is 0 Å². The van der Waals surface area contributed by atoms with Gasteiger partial charge in [-0.3, -0.25) is 4.79 Å². The Hall–Kier alpha value is -3.35. The van der Waals surface area contributed by atoms with Gasteiger partial charge in [-0.2, -0.15) is 10.1 Å². The van der Waals surface area contributed by atoms with Gasteiger partial charge in [0.2, 0.25) is 5.95 Å². The lowest BCUT2D eigenvalue weighted by Crippen LogP contribution is -2.03. The maximum absolute atomic E-state index is 13.6. The first-order valence-electron chi connectivity index (χ1n) is 7.21. The Morgan fingerprint density at radius 1 is 1.04 bits per heavy atom. The molecule has 0 saturated heterocycles. The second-order valence-corrected chi connectivity index (χ2v) is 5.03. The highest BCUT2D eigenvalue weighted by Crippen LogP contribution is 2.19. The number of aromatic nitrogens is 3. The number of para-hydroxylation sites is 1. The summed E-state index contributed by atoms with van der Waals surface area (Å²) >= 11 is 0. The predicted molar refractivity (Wildman–Crippen MR) is 89.2 cm³/mol. The molecule has 0 aliphatic rings. The molecule has 7 heteroatoms. The average molecular weight is 323 g/mol. The van der Waals surface area contributed by atoms with Gasteiger partial charge in [0.25, 0.3) is 0 Å². The number of ketones is 1. The molecule has 0 saturated carbocycles. The van der Waals surface area contributed by atoms with Crippen molar-refractivity contribution in [3.8, 4) is 0 Å². The summed E-state index contributed by atoms with van der Waals surface area (Å²) in [5.74, 6) is 0.214. The summed E-state index contributed by atoms with van der Waals surface area (Å²) in [5, 5.41) is 13.5. The van der Waals surface area contributed by atoms with Gasteiger partial charge < -0.3 is 10.6 Å². The van der Waals surface area contributed by atoms with Gasteiger partial charge in [0.15, 0.2) is 11.6 Å². The first kappa shape index (κ1) is 15.5. The van der Waals surface area contributed by atoms with Crippen LogP contribution >= 0.6 is 0 Å². The summed E-state index contributed by atoms with van der Waals surface area (Å²) in [6.45, 7) is 1.51. The average Bonchev–Trinajstić information content (AvgIpc) is 2.58. The van der Waals surface area contributed by atoms with Gasteiger partial charge in [-0.25, -0.2) is 4.39 Å². The lowest BCUT2D eigenvalue weighted by atomic mass is 10.1. The Kier molecular flexibility index (Phi) is 4.42. The van der Waals surface area contributed by atoms with Gasteiger partial charge in [0, 0.05) is 11.3 Å². The zero-order valence-corrected chi connectivity index (χ0v) is 12.8. The number of nitrogens with zero attached hydrogens (tertiary/aromatic N) is 3. The second kappa shape index (κ2) is 6.82. The van der Waals surface area contributed by atoms with Crippen LogP contribution in [0.4, 0.5) is 27.5 Å². The maximum Gasteiger partial charge on any atom is 0.249 e. The van der Waals surface area contributed by atoms with E-state index in [-0.39, 0.29) is 17.4 Å². The first-order valence-corrected chi connectivity index (χ1v) is 7.21. The summed E-state index contributed by atoms with van der Waals surface area (Å²) < 4.78 is 13.6. The van der Waals surface area contributed by atoms with E-state index in [1.54, 1.807) is 42.5 Å². The molecule has 1 heterocycles. The molecular weight excluding hydrogens is 309 g/mol. The fourth-order valence-corrected chi connectivity index (χ4v) is 2.04. The largest absolute Gasteiger partial charge is 0.339 e. The number of Topliss-reactive ketones (excluding diaryl/α,β-unsaturated/α-hetero) is 1. The van der Waals surface area contributed by atoms with Crippen molar-refractivity contribution in [2.24, 2.45) is 0 Å². The Balaban J connectivity index is 1.75. The fraction of sp³-hybridized carbons (Fsp3) is 0.0588. The van der Waals surface area contributed by atoms with E-state index in [9.17, 15) is 9.18 Å². The van der Waals surface area contributed by atoms with Crippen LogP contribution < -0.4 is 10.6 Å². The molecule has 0 aliphatic carbocycles. The Bertz CT molecular complexity index is 867. The summed E-state index contributed by atoms with van der Waals surface area (Å²) in [6, 6.07) is 13.2. The monoisotopic (exact) mass is 323 g/mol. The van der Waals surface area contributed by atoms with Crippen molar-refractivity contribution in [2.45, 2.75) is 6.92 Å². The van der Waals surface area contributed by atoms with Crippen molar-refractivity contribution in [2.75, 3.05) is 10.6 Å². The van der Waals surface area contributed by atoms with Crippen LogP contribution in [0.15, 0.2) is 54.7 Å². The van der Waals surface area contributed by atoms with E-state index in [0.717, 1.165) is 5.69 Å². The van der Waals surface area contributed by atoms with E-state index in [2.05, 4.69) is 25.8 Å². The summed E-state index contributed by atoms with van der Waals surface area (Å²) in [6.07, 6.45) is 1.45. The van der Waals surface area contributed by atoms with Crippen LogP contribution in [0, 0.1) is 5.82 Å². The number of hydrogen-bond donors (Lipinski definition) is 2. The lowest BCUT2D eigenvalue weighted by molar-refractivity contribution is 0.101. The quantitative estimate of drug-likeness (QED) is 0.697. The highest BCUT2D eigenvalue weighted by atomic mass is 19.1. The molecule has 0 fully saturated rings. The van der Waals surface area contributed by atoms with Crippen LogP contribution in [0.2, 0.25) is 0 Å². The van der Waals surface area contributed by atoms with Gasteiger partial charge in [0.1, 0.15) is 5.82 Å². The Morgan fingerprint density at radius 2 is 1.79 bits per heavy atom. The third kappa shape index (κ3) is 3.70. The van der Waals surface area contributed by atoms with Crippen LogP contribution in [-0.4, -0.2) is 21.0 Å². The van der Waals surface area contributed by atoms with E-state index < -0.39 is 5.82 Å². The third-order valence-corrected chi connectivity index (χ3v) is 3.24. The normalized spacial score (nSPS) is 10.2. The van der Waals surface area contributed by atoms with Crippen LogP contribution in [0.1, 0.15) is 17.3 Å². The molecule has 0 amide bonds. The van der Waals surface area contributed by atoms with E-state index in [0.29, 0.717) is 11.4 Å². The van der Waals surface area contributed by atoms with E-state index in [4.69, 9.17) is 0 Å². The van der Waals surface area contributed by atoms with Crippen molar-refractivity contribution in [3.05, 3.63) is 66.1 Å². The van der Waals surface area contributed by atoms with Crippen LogP contribution in [0.25, 0.3) is 0 Å². The number of rotatable bonds is 5. The maximum atomic E-state index is 13.6. The third-order valence-electron chi connectivity index (χ3n) is 3.24. The molecule has 2 N–H and O–H groups in total. The zero-order chi connectivity index (χ0) is 16.9. The smallest absolute Gasteiger partial charge is 0.249 e. The molecule has 2 aromatic carbocycles. The molecule has 3 rings (SSSR count). The number of nitrogens with one attached hydrogen (secondary N) is 2. The van der Waals surface area contributed by atoms with Crippen LogP contribution in [0.5, 0.6) is 0 Å². The standard InChI is InChI=1S/C17H14FN5O/c1-11(24)12-6-8-13(9-7-12)20-16-10-19-23-17(22-16)21-15-5-3-2-4-14(15)18/h2-10H,1H3,(H2,20,21,22,23). The molecule has 24 heavy (non-hydrogen) atoms. The van der Waals surface area contributed by atoms with Crippen molar-refractivity contribution in [1.82, 2.24) is 15.2 Å². The molecular formula is C17H14FN5O.